The van der Waals surface area contributed by atoms with E-state index in [0.717, 1.165) is 32.0 Å². The lowest BCUT2D eigenvalue weighted by Crippen LogP contribution is -2.60. The maximum Gasteiger partial charge on any atom is 0.340 e. The molecule has 0 spiro atoms. The molecule has 0 saturated carbocycles. The first-order chi connectivity index (χ1) is 22.9. The van der Waals surface area contributed by atoms with Gasteiger partial charge in [-0.1, -0.05) is 12.1 Å². The fourth-order valence-electron chi connectivity index (χ4n) is 4.94. The summed E-state index contributed by atoms with van der Waals surface area (Å²) in [5.74, 6) is -2.64. The van der Waals surface area contributed by atoms with Crippen molar-refractivity contribution < 1.29 is 52.0 Å². The van der Waals surface area contributed by atoms with Gasteiger partial charge >= 0.3 is 23.9 Å². The molecule has 1 fully saturated rings. The van der Waals surface area contributed by atoms with Crippen LogP contribution in [0.2, 0.25) is 0 Å². The molecule has 262 valence electrons. The van der Waals surface area contributed by atoms with Crippen molar-refractivity contribution in [3.8, 4) is 0 Å². The number of amides is 1. The van der Waals surface area contributed by atoms with Gasteiger partial charge in [0, 0.05) is 63.4 Å². The van der Waals surface area contributed by atoms with Crippen LogP contribution in [0, 0.1) is 0 Å². The van der Waals surface area contributed by atoms with Crippen molar-refractivity contribution in [1.82, 2.24) is 0 Å². The van der Waals surface area contributed by atoms with Crippen LogP contribution < -0.4 is 10.2 Å². The Kier molecular flexibility index (Phi) is 15.4. The van der Waals surface area contributed by atoms with Crippen LogP contribution in [0.1, 0.15) is 49.5 Å². The zero-order valence-corrected chi connectivity index (χ0v) is 28.3. The molecule has 0 unspecified atom stereocenters. The Morgan fingerprint density at radius 1 is 0.833 bits per heavy atom. The molecule has 48 heavy (non-hydrogen) atoms. The summed E-state index contributed by atoms with van der Waals surface area (Å²) >= 11 is 11.8. The Morgan fingerprint density at radius 3 is 2.00 bits per heavy atom. The maximum atomic E-state index is 15.5. The lowest BCUT2D eigenvalue weighted by molar-refractivity contribution is -0.278. The fraction of sp³-hybridized carbons (Fsp3) is 0.485. The minimum absolute atomic E-state index is 0.00517. The number of hydrogen-bond donors (Lipinski definition) is 1. The Bertz CT molecular complexity index is 1390. The molecule has 1 heterocycles. The first-order valence-electron chi connectivity index (χ1n) is 15.3. The summed E-state index contributed by atoms with van der Waals surface area (Å²) in [6.07, 6.45) is -7.12. The van der Waals surface area contributed by atoms with Crippen molar-refractivity contribution in [2.75, 3.05) is 41.7 Å². The van der Waals surface area contributed by atoms with E-state index in [1.165, 1.54) is 24.3 Å². The van der Waals surface area contributed by atoms with Crippen LogP contribution in [0.25, 0.3) is 0 Å². The molecule has 0 bridgehead atoms. The lowest BCUT2D eigenvalue weighted by atomic mass is 9.99. The molecule has 15 heteroatoms. The number of benzene rings is 2. The molecule has 2 aromatic carbocycles. The highest BCUT2D eigenvalue weighted by atomic mass is 35.5. The molecule has 12 nitrogen and oxygen atoms in total. The summed E-state index contributed by atoms with van der Waals surface area (Å²) in [4.78, 5) is 62.3. The second-order valence-corrected chi connectivity index (χ2v) is 11.6. The van der Waals surface area contributed by atoms with Crippen molar-refractivity contribution in [3.63, 3.8) is 0 Å². The van der Waals surface area contributed by atoms with Crippen molar-refractivity contribution in [3.05, 3.63) is 59.7 Å². The van der Waals surface area contributed by atoms with Crippen LogP contribution in [0.5, 0.6) is 0 Å². The molecular weight excluding hydrogens is 674 g/mol. The summed E-state index contributed by atoms with van der Waals surface area (Å²) in [6, 6.07) is 13.7. The van der Waals surface area contributed by atoms with E-state index < -0.39 is 61.3 Å². The number of hydrogen-bond acceptors (Lipinski definition) is 11. The highest BCUT2D eigenvalue weighted by Crippen LogP contribution is 2.30. The van der Waals surface area contributed by atoms with Gasteiger partial charge in [0.25, 0.3) is 0 Å². The SMILES string of the molecule is CC(=O)OC[C@H]1O[C@@H](OC(=O)c2ccc(NC(=O)CCCc3ccc(N(CCCl)CCCl)cc3)cc2)[C@H](F)[C@@H](OC(C)=O)[C@@H]1OC(C)=O. The molecule has 1 aliphatic rings. The van der Waals surface area contributed by atoms with Gasteiger partial charge in [-0.2, -0.15) is 0 Å². The van der Waals surface area contributed by atoms with Crippen LogP contribution in [-0.2, 0) is 49.3 Å². The molecule has 0 aliphatic carbocycles. The van der Waals surface area contributed by atoms with E-state index in [1.54, 1.807) is 0 Å². The number of carbonyl (C=O) groups is 5. The number of nitrogens with zero attached hydrogens (tertiary/aromatic N) is 1. The smallest absolute Gasteiger partial charge is 0.340 e. The number of ether oxygens (including phenoxy) is 5. The first-order valence-corrected chi connectivity index (χ1v) is 16.3. The van der Waals surface area contributed by atoms with Gasteiger partial charge in [0.05, 0.1) is 5.56 Å². The van der Waals surface area contributed by atoms with Crippen molar-refractivity contribution >= 4 is 64.4 Å². The van der Waals surface area contributed by atoms with Gasteiger partial charge in [0.2, 0.25) is 18.4 Å². The molecule has 3 rings (SSSR count). The predicted octanol–water partition coefficient (Wildman–Crippen LogP) is 4.58. The molecule has 1 saturated heterocycles. The molecule has 0 aromatic heterocycles. The minimum atomic E-state index is -2.26. The number of aryl methyl sites for hydroxylation is 1. The van der Waals surface area contributed by atoms with Gasteiger partial charge in [-0.25, -0.2) is 9.18 Å². The molecule has 1 aliphatic heterocycles. The average molecular weight is 714 g/mol. The number of esters is 4. The number of rotatable bonds is 16. The Morgan fingerprint density at radius 2 is 1.44 bits per heavy atom. The van der Waals surface area contributed by atoms with E-state index in [-0.39, 0.29) is 17.9 Å². The summed E-state index contributed by atoms with van der Waals surface area (Å²) in [5.41, 5.74) is 2.55. The van der Waals surface area contributed by atoms with Crippen molar-refractivity contribution in [2.45, 2.75) is 70.8 Å². The van der Waals surface area contributed by atoms with Crippen LogP contribution in [0.15, 0.2) is 48.5 Å². The second kappa shape index (κ2) is 19.2. The van der Waals surface area contributed by atoms with Gasteiger partial charge in [-0.3, -0.25) is 19.2 Å². The Labute approximate surface area is 288 Å². The zero-order valence-electron chi connectivity index (χ0n) is 26.8. The highest BCUT2D eigenvalue weighted by molar-refractivity contribution is 6.18. The van der Waals surface area contributed by atoms with Crippen LogP contribution in [-0.4, -0.2) is 92.0 Å². The third kappa shape index (κ3) is 11.9. The molecule has 0 radical (unpaired) electrons. The van der Waals surface area contributed by atoms with Crippen molar-refractivity contribution in [1.29, 1.82) is 0 Å². The monoisotopic (exact) mass is 712 g/mol. The normalized spacial score (nSPS) is 20.2. The van der Waals surface area contributed by atoms with E-state index in [2.05, 4.69) is 10.2 Å². The van der Waals surface area contributed by atoms with E-state index >= 15 is 4.39 Å². The lowest BCUT2D eigenvalue weighted by Gasteiger charge is -2.41. The van der Waals surface area contributed by atoms with E-state index in [4.69, 9.17) is 46.9 Å². The molecular formula is C33H39Cl2FN2O10. The van der Waals surface area contributed by atoms with Gasteiger partial charge < -0.3 is 33.9 Å². The largest absolute Gasteiger partial charge is 0.463 e. The maximum absolute atomic E-state index is 15.5. The number of nitrogens with one attached hydrogen (secondary N) is 1. The third-order valence-electron chi connectivity index (χ3n) is 7.14. The summed E-state index contributed by atoms with van der Waals surface area (Å²) < 4.78 is 41.4. The summed E-state index contributed by atoms with van der Waals surface area (Å²) in [5, 5.41) is 2.77. The summed E-state index contributed by atoms with van der Waals surface area (Å²) in [6.45, 7) is 4.09. The second-order valence-electron chi connectivity index (χ2n) is 10.9. The third-order valence-corrected chi connectivity index (χ3v) is 7.47. The Balaban J connectivity index is 1.56. The van der Waals surface area contributed by atoms with Crippen LogP contribution in [0.4, 0.5) is 15.8 Å². The number of carbonyl (C=O) groups excluding carboxylic acids is 5. The van der Waals surface area contributed by atoms with Gasteiger partial charge in [0.1, 0.15) is 12.7 Å². The fourth-order valence-corrected chi connectivity index (χ4v) is 5.35. The standard InChI is InChI=1S/C33H39Cl2FN2O10/c1-20(39)44-19-27-30(45-21(2)40)31(46-22(3)41)29(36)33(47-27)48-32(43)24-9-11-25(12-10-24)37-28(42)6-4-5-23-7-13-26(14-8-23)38(17-15-34)18-16-35/h7-14,27,29-31,33H,4-6,15-19H2,1-3H3,(H,37,42)/t27-,29-,30-,31-,33+/m1/s1. The van der Waals surface area contributed by atoms with E-state index in [0.29, 0.717) is 43.4 Å². The number of halogens is 3. The molecule has 5 atom stereocenters. The summed E-state index contributed by atoms with van der Waals surface area (Å²) in [7, 11) is 0. The highest BCUT2D eigenvalue weighted by Gasteiger charge is 2.52. The molecule has 1 N–H and O–H groups in total. The van der Waals surface area contributed by atoms with Crippen LogP contribution >= 0.6 is 23.2 Å². The Hall–Kier alpha value is -3.94. The van der Waals surface area contributed by atoms with Gasteiger partial charge in [-0.15, -0.1) is 23.2 Å². The zero-order chi connectivity index (χ0) is 35.2. The number of anilines is 2. The van der Waals surface area contributed by atoms with Crippen LogP contribution in [0.3, 0.4) is 0 Å². The van der Waals surface area contributed by atoms with E-state index in [9.17, 15) is 24.0 Å². The average Bonchev–Trinajstić information content (AvgIpc) is 3.03. The molecule has 2 aromatic rings. The van der Waals surface area contributed by atoms with Gasteiger partial charge in [0.15, 0.2) is 12.2 Å². The number of alkyl halides is 3. The van der Waals surface area contributed by atoms with E-state index in [1.807, 2.05) is 24.3 Å². The van der Waals surface area contributed by atoms with Crippen molar-refractivity contribution in [2.24, 2.45) is 0 Å². The quantitative estimate of drug-likeness (QED) is 0.148. The predicted molar refractivity (Wildman–Crippen MR) is 175 cm³/mol. The van der Waals surface area contributed by atoms with Gasteiger partial charge in [-0.05, 0) is 54.8 Å². The first kappa shape index (κ1) is 38.5. The molecule has 1 amide bonds. The minimum Gasteiger partial charge on any atom is -0.463 e. The topological polar surface area (TPSA) is 147 Å².